The van der Waals surface area contributed by atoms with E-state index in [-0.39, 0.29) is 6.61 Å². The Morgan fingerprint density at radius 2 is 2.25 bits per heavy atom. The van der Waals surface area contributed by atoms with Crippen LogP contribution in [0.1, 0.15) is 24.8 Å². The molecule has 112 valence electrons. The second kappa shape index (κ2) is 8.25. The maximum atomic E-state index is 8.80. The molecule has 1 atom stereocenters. The van der Waals surface area contributed by atoms with Gasteiger partial charge in [0.1, 0.15) is 12.4 Å². The summed E-state index contributed by atoms with van der Waals surface area (Å²) in [6, 6.07) is 8.66. The predicted octanol–water partition coefficient (Wildman–Crippen LogP) is 2.06. The number of hydrogen-bond acceptors (Lipinski definition) is 4. The predicted molar refractivity (Wildman–Crippen MR) is 78.9 cm³/mol. The quantitative estimate of drug-likeness (QED) is 0.829. The first kappa shape index (κ1) is 15.3. The van der Waals surface area contributed by atoms with E-state index in [2.05, 4.69) is 17.0 Å². The number of aliphatic hydroxyl groups excluding tert-OH is 1. The Labute approximate surface area is 121 Å². The molecule has 2 rings (SSSR count). The van der Waals surface area contributed by atoms with Crippen LogP contribution in [0.25, 0.3) is 0 Å². The van der Waals surface area contributed by atoms with Gasteiger partial charge in [0.25, 0.3) is 0 Å². The van der Waals surface area contributed by atoms with Crippen LogP contribution in [0.4, 0.5) is 0 Å². The number of piperidine rings is 1. The largest absolute Gasteiger partial charge is 0.491 e. The monoisotopic (exact) mass is 279 g/mol. The summed E-state index contributed by atoms with van der Waals surface area (Å²) in [6.07, 6.45) is 3.78. The molecule has 0 radical (unpaired) electrons. The van der Waals surface area contributed by atoms with Crippen LogP contribution >= 0.6 is 0 Å². The number of likely N-dealkylation sites (tertiary alicyclic amines) is 1. The average molecular weight is 279 g/mol. The van der Waals surface area contributed by atoms with Crippen molar-refractivity contribution in [2.45, 2.75) is 31.8 Å². The standard InChI is InChI=1S/C16H25NO3/c1-19-13-15-6-2-3-8-17(15)12-14-5-4-7-16(11-14)20-10-9-18/h4-5,7,11,15,18H,2-3,6,8-10,12-13H2,1H3. The van der Waals surface area contributed by atoms with Crippen LogP contribution in [0.3, 0.4) is 0 Å². The molecule has 1 fully saturated rings. The van der Waals surface area contributed by atoms with E-state index in [1.807, 2.05) is 12.1 Å². The molecule has 4 nitrogen and oxygen atoms in total. The molecule has 1 aromatic rings. The van der Waals surface area contributed by atoms with Crippen molar-refractivity contribution in [1.82, 2.24) is 4.90 Å². The van der Waals surface area contributed by atoms with Crippen molar-refractivity contribution >= 4 is 0 Å². The summed E-state index contributed by atoms with van der Waals surface area (Å²) < 4.78 is 10.8. The SMILES string of the molecule is COCC1CCCCN1Cc1cccc(OCCO)c1. The smallest absolute Gasteiger partial charge is 0.119 e. The summed E-state index contributed by atoms with van der Waals surface area (Å²) in [5.41, 5.74) is 1.25. The van der Waals surface area contributed by atoms with Crippen molar-refractivity contribution in [3.8, 4) is 5.75 Å². The van der Waals surface area contributed by atoms with Crippen LogP contribution in [0.15, 0.2) is 24.3 Å². The van der Waals surface area contributed by atoms with Gasteiger partial charge in [-0.05, 0) is 37.1 Å². The van der Waals surface area contributed by atoms with Gasteiger partial charge in [0.2, 0.25) is 0 Å². The highest BCUT2D eigenvalue weighted by atomic mass is 16.5. The van der Waals surface area contributed by atoms with E-state index in [4.69, 9.17) is 14.6 Å². The van der Waals surface area contributed by atoms with Crippen molar-refractivity contribution in [1.29, 1.82) is 0 Å². The number of methoxy groups -OCH3 is 1. The lowest BCUT2D eigenvalue weighted by Gasteiger charge is -2.35. The minimum Gasteiger partial charge on any atom is -0.491 e. The van der Waals surface area contributed by atoms with Gasteiger partial charge in [-0.15, -0.1) is 0 Å². The lowest BCUT2D eigenvalue weighted by molar-refractivity contribution is 0.0600. The number of ether oxygens (including phenoxy) is 2. The summed E-state index contributed by atoms with van der Waals surface area (Å²) in [5, 5.41) is 8.80. The second-order valence-electron chi connectivity index (χ2n) is 5.29. The van der Waals surface area contributed by atoms with Crippen LogP contribution in [0, 0.1) is 0 Å². The van der Waals surface area contributed by atoms with Crippen LogP contribution < -0.4 is 4.74 Å². The first-order valence-corrected chi connectivity index (χ1v) is 7.39. The van der Waals surface area contributed by atoms with E-state index in [0.29, 0.717) is 12.6 Å². The molecular formula is C16H25NO3. The zero-order valence-electron chi connectivity index (χ0n) is 12.3. The molecule has 1 saturated heterocycles. The fourth-order valence-corrected chi connectivity index (χ4v) is 2.78. The Kier molecular flexibility index (Phi) is 6.30. The van der Waals surface area contributed by atoms with Gasteiger partial charge in [0, 0.05) is 19.7 Å². The van der Waals surface area contributed by atoms with Gasteiger partial charge < -0.3 is 14.6 Å². The molecule has 1 heterocycles. The fourth-order valence-electron chi connectivity index (χ4n) is 2.78. The number of benzene rings is 1. The highest BCUT2D eigenvalue weighted by molar-refractivity contribution is 5.28. The van der Waals surface area contributed by atoms with Crippen molar-refractivity contribution < 1.29 is 14.6 Å². The minimum atomic E-state index is 0.0479. The number of aliphatic hydroxyl groups is 1. The minimum absolute atomic E-state index is 0.0479. The molecule has 1 aromatic carbocycles. The van der Waals surface area contributed by atoms with Crippen LogP contribution in [-0.4, -0.2) is 49.5 Å². The molecule has 0 amide bonds. The molecule has 0 spiro atoms. The molecule has 0 aromatic heterocycles. The number of rotatable bonds is 7. The molecule has 1 unspecified atom stereocenters. The van der Waals surface area contributed by atoms with Crippen LogP contribution in [0.5, 0.6) is 5.75 Å². The highest BCUT2D eigenvalue weighted by Crippen LogP contribution is 2.21. The Hall–Kier alpha value is -1.10. The second-order valence-corrected chi connectivity index (χ2v) is 5.29. The molecular weight excluding hydrogens is 254 g/mol. The molecule has 0 bridgehead atoms. The normalized spacial score (nSPS) is 20.0. The average Bonchev–Trinajstić information content (AvgIpc) is 2.48. The van der Waals surface area contributed by atoms with Crippen LogP contribution in [0.2, 0.25) is 0 Å². The molecule has 0 aliphatic carbocycles. The first-order chi connectivity index (χ1) is 9.83. The topological polar surface area (TPSA) is 41.9 Å². The zero-order chi connectivity index (χ0) is 14.2. The Morgan fingerprint density at radius 3 is 3.05 bits per heavy atom. The molecule has 1 aliphatic heterocycles. The summed E-state index contributed by atoms with van der Waals surface area (Å²) in [4.78, 5) is 2.50. The molecule has 20 heavy (non-hydrogen) atoms. The molecule has 4 heteroatoms. The van der Waals surface area contributed by atoms with E-state index in [0.717, 1.165) is 25.4 Å². The van der Waals surface area contributed by atoms with Crippen molar-refractivity contribution in [3.05, 3.63) is 29.8 Å². The van der Waals surface area contributed by atoms with Crippen LogP contribution in [-0.2, 0) is 11.3 Å². The van der Waals surface area contributed by atoms with E-state index in [1.54, 1.807) is 7.11 Å². The van der Waals surface area contributed by atoms with E-state index < -0.39 is 0 Å². The molecule has 1 aliphatic rings. The third-order valence-corrected chi connectivity index (χ3v) is 3.75. The lowest BCUT2D eigenvalue weighted by Crippen LogP contribution is -2.41. The molecule has 1 N–H and O–H groups in total. The third-order valence-electron chi connectivity index (χ3n) is 3.75. The fraction of sp³-hybridized carbons (Fsp3) is 0.625. The first-order valence-electron chi connectivity index (χ1n) is 7.39. The van der Waals surface area contributed by atoms with Gasteiger partial charge in [-0.1, -0.05) is 18.6 Å². The third kappa shape index (κ3) is 4.47. The van der Waals surface area contributed by atoms with Crippen molar-refractivity contribution in [2.75, 3.05) is 33.5 Å². The van der Waals surface area contributed by atoms with Gasteiger partial charge in [-0.25, -0.2) is 0 Å². The summed E-state index contributed by atoms with van der Waals surface area (Å²) >= 11 is 0. The van der Waals surface area contributed by atoms with Gasteiger partial charge in [0.05, 0.1) is 13.2 Å². The highest BCUT2D eigenvalue weighted by Gasteiger charge is 2.22. The van der Waals surface area contributed by atoms with E-state index in [9.17, 15) is 0 Å². The lowest BCUT2D eigenvalue weighted by atomic mass is 10.0. The number of hydrogen-bond donors (Lipinski definition) is 1. The zero-order valence-corrected chi connectivity index (χ0v) is 12.3. The Balaban J connectivity index is 1.96. The maximum absolute atomic E-state index is 8.80. The summed E-state index contributed by atoms with van der Waals surface area (Å²) in [7, 11) is 1.77. The van der Waals surface area contributed by atoms with Crippen molar-refractivity contribution in [3.63, 3.8) is 0 Å². The van der Waals surface area contributed by atoms with Gasteiger partial charge in [-0.3, -0.25) is 4.90 Å². The van der Waals surface area contributed by atoms with E-state index in [1.165, 1.54) is 24.8 Å². The van der Waals surface area contributed by atoms with Gasteiger partial charge in [0.15, 0.2) is 0 Å². The Bertz CT molecular complexity index is 395. The Morgan fingerprint density at radius 1 is 1.35 bits per heavy atom. The van der Waals surface area contributed by atoms with Gasteiger partial charge >= 0.3 is 0 Å². The van der Waals surface area contributed by atoms with Gasteiger partial charge in [-0.2, -0.15) is 0 Å². The van der Waals surface area contributed by atoms with E-state index >= 15 is 0 Å². The summed E-state index contributed by atoms with van der Waals surface area (Å²) in [5.74, 6) is 0.830. The maximum Gasteiger partial charge on any atom is 0.119 e. The van der Waals surface area contributed by atoms with Crippen molar-refractivity contribution in [2.24, 2.45) is 0 Å². The summed E-state index contributed by atoms with van der Waals surface area (Å²) in [6.45, 7) is 3.27. The molecule has 0 saturated carbocycles. The number of nitrogens with zero attached hydrogens (tertiary/aromatic N) is 1.